The second-order valence-corrected chi connectivity index (χ2v) is 6.00. The van der Waals surface area contributed by atoms with Gasteiger partial charge in [-0.3, -0.25) is 11.1 Å². The maximum absolute atomic E-state index is 6.58. The summed E-state index contributed by atoms with van der Waals surface area (Å²) >= 11 is 0. The van der Waals surface area contributed by atoms with Crippen molar-refractivity contribution in [3.05, 3.63) is 11.8 Å². The molecule has 2 aliphatic carbocycles. The van der Waals surface area contributed by atoms with Crippen molar-refractivity contribution in [2.24, 2.45) is 17.6 Å². The molecular weight excluding hydrogens is 210 g/mol. The normalized spacial score (nSPS) is 39.1. The first-order valence-electron chi connectivity index (χ1n) is 7.30. The lowest BCUT2D eigenvalue weighted by Gasteiger charge is -2.48. The van der Waals surface area contributed by atoms with Gasteiger partial charge in [-0.25, -0.2) is 0 Å². The standard InChI is InChI=1S/C14H25N3/c15-14(12-7-2-1-3-8-12)16-10-11-6-4-5-9-13(11)17-14/h9,11-12,16-17H,1-8,10,15H2. The molecule has 0 radical (unpaired) electrons. The molecule has 1 saturated carbocycles. The van der Waals surface area contributed by atoms with Crippen molar-refractivity contribution in [1.82, 2.24) is 10.6 Å². The minimum atomic E-state index is -0.333. The van der Waals surface area contributed by atoms with Gasteiger partial charge >= 0.3 is 0 Å². The van der Waals surface area contributed by atoms with Gasteiger partial charge in [0.05, 0.1) is 0 Å². The number of hydrogen-bond acceptors (Lipinski definition) is 3. The first-order valence-corrected chi connectivity index (χ1v) is 7.30. The van der Waals surface area contributed by atoms with Gasteiger partial charge in [0.2, 0.25) is 0 Å². The van der Waals surface area contributed by atoms with E-state index < -0.39 is 0 Å². The number of fused-ring (bicyclic) bond motifs is 1. The Morgan fingerprint density at radius 1 is 1.12 bits per heavy atom. The van der Waals surface area contributed by atoms with Gasteiger partial charge in [-0.2, -0.15) is 0 Å². The number of hydrogen-bond donors (Lipinski definition) is 3. The fourth-order valence-corrected chi connectivity index (χ4v) is 3.69. The van der Waals surface area contributed by atoms with Crippen LogP contribution in [0.1, 0.15) is 51.4 Å². The van der Waals surface area contributed by atoms with Gasteiger partial charge in [-0.1, -0.05) is 25.3 Å². The molecule has 1 saturated heterocycles. The number of rotatable bonds is 1. The highest BCUT2D eigenvalue weighted by atomic mass is 15.3. The van der Waals surface area contributed by atoms with E-state index in [2.05, 4.69) is 16.7 Å². The zero-order valence-corrected chi connectivity index (χ0v) is 10.7. The third-order valence-electron chi connectivity index (χ3n) is 4.80. The first kappa shape index (κ1) is 11.5. The molecule has 1 heterocycles. The SMILES string of the molecule is NC1(C2CCCCC2)NCC2CCCC=C2N1. The fraction of sp³-hybridized carbons (Fsp3) is 0.857. The van der Waals surface area contributed by atoms with Crippen molar-refractivity contribution < 1.29 is 0 Å². The van der Waals surface area contributed by atoms with Crippen molar-refractivity contribution in [2.45, 2.75) is 57.2 Å². The van der Waals surface area contributed by atoms with E-state index in [0.29, 0.717) is 11.8 Å². The fourth-order valence-electron chi connectivity index (χ4n) is 3.69. The molecule has 0 aromatic rings. The summed E-state index contributed by atoms with van der Waals surface area (Å²) in [7, 11) is 0. The summed E-state index contributed by atoms with van der Waals surface area (Å²) in [6.45, 7) is 1.06. The Balaban J connectivity index is 1.72. The van der Waals surface area contributed by atoms with E-state index in [0.717, 1.165) is 6.54 Å². The van der Waals surface area contributed by atoms with E-state index in [1.165, 1.54) is 57.1 Å². The van der Waals surface area contributed by atoms with Crippen molar-refractivity contribution >= 4 is 0 Å². The van der Waals surface area contributed by atoms with Gasteiger partial charge in [0.25, 0.3) is 0 Å². The number of allylic oxidation sites excluding steroid dienone is 1. The van der Waals surface area contributed by atoms with Gasteiger partial charge in [0.1, 0.15) is 5.79 Å². The Kier molecular flexibility index (Phi) is 3.14. The molecule has 1 aliphatic heterocycles. The van der Waals surface area contributed by atoms with Crippen LogP contribution in [0, 0.1) is 11.8 Å². The molecule has 0 amide bonds. The average molecular weight is 235 g/mol. The molecular formula is C14H25N3. The van der Waals surface area contributed by atoms with Gasteiger partial charge in [0.15, 0.2) is 0 Å². The van der Waals surface area contributed by atoms with E-state index in [-0.39, 0.29) is 5.79 Å². The molecule has 2 atom stereocenters. The Morgan fingerprint density at radius 3 is 2.76 bits per heavy atom. The Bertz CT molecular complexity index is 307. The lowest BCUT2D eigenvalue weighted by molar-refractivity contribution is 0.104. The van der Waals surface area contributed by atoms with Crippen LogP contribution < -0.4 is 16.4 Å². The molecule has 0 aromatic heterocycles. The highest BCUT2D eigenvalue weighted by Gasteiger charge is 2.40. The molecule has 96 valence electrons. The lowest BCUT2D eigenvalue weighted by Crippen LogP contribution is -2.72. The first-order chi connectivity index (χ1) is 8.28. The summed E-state index contributed by atoms with van der Waals surface area (Å²) < 4.78 is 0. The summed E-state index contributed by atoms with van der Waals surface area (Å²) in [5, 5.41) is 7.22. The van der Waals surface area contributed by atoms with Gasteiger partial charge in [0, 0.05) is 24.1 Å². The van der Waals surface area contributed by atoms with Crippen molar-refractivity contribution in [3.8, 4) is 0 Å². The molecule has 3 rings (SSSR count). The van der Waals surface area contributed by atoms with Crippen LogP contribution in [-0.2, 0) is 0 Å². The van der Waals surface area contributed by atoms with E-state index >= 15 is 0 Å². The quantitative estimate of drug-likeness (QED) is 0.652. The predicted molar refractivity (Wildman–Crippen MR) is 70.1 cm³/mol. The van der Waals surface area contributed by atoms with E-state index in [1.54, 1.807) is 0 Å². The van der Waals surface area contributed by atoms with Crippen LogP contribution in [0.2, 0.25) is 0 Å². The Hall–Kier alpha value is -0.540. The molecule has 4 N–H and O–H groups in total. The van der Waals surface area contributed by atoms with Crippen LogP contribution in [0.4, 0.5) is 0 Å². The van der Waals surface area contributed by atoms with Crippen molar-refractivity contribution in [2.75, 3.05) is 6.54 Å². The molecule has 0 bridgehead atoms. The van der Waals surface area contributed by atoms with E-state index in [1.807, 2.05) is 0 Å². The number of nitrogens with two attached hydrogens (primary N) is 1. The van der Waals surface area contributed by atoms with E-state index in [4.69, 9.17) is 5.73 Å². The van der Waals surface area contributed by atoms with Crippen molar-refractivity contribution in [1.29, 1.82) is 0 Å². The molecule has 0 aromatic carbocycles. The summed E-state index contributed by atoms with van der Waals surface area (Å²) in [4.78, 5) is 0. The van der Waals surface area contributed by atoms with Crippen LogP contribution in [-0.4, -0.2) is 12.3 Å². The van der Waals surface area contributed by atoms with Gasteiger partial charge < -0.3 is 5.32 Å². The van der Waals surface area contributed by atoms with Crippen LogP contribution in [0.25, 0.3) is 0 Å². The molecule has 17 heavy (non-hydrogen) atoms. The topological polar surface area (TPSA) is 50.1 Å². The zero-order valence-electron chi connectivity index (χ0n) is 10.7. The molecule has 2 fully saturated rings. The van der Waals surface area contributed by atoms with Crippen LogP contribution in [0.3, 0.4) is 0 Å². The second kappa shape index (κ2) is 4.62. The monoisotopic (exact) mass is 235 g/mol. The molecule has 2 unspecified atom stereocenters. The summed E-state index contributed by atoms with van der Waals surface area (Å²) in [6.07, 6.45) is 12.9. The molecule has 3 nitrogen and oxygen atoms in total. The molecule has 3 aliphatic rings. The van der Waals surface area contributed by atoms with Gasteiger partial charge in [-0.05, 0) is 32.1 Å². The third kappa shape index (κ3) is 2.23. The predicted octanol–water partition coefficient (Wildman–Crippen LogP) is 2.06. The van der Waals surface area contributed by atoms with Crippen LogP contribution in [0.15, 0.2) is 11.8 Å². The summed E-state index contributed by atoms with van der Waals surface area (Å²) in [5.41, 5.74) is 8.00. The minimum Gasteiger partial charge on any atom is -0.358 e. The summed E-state index contributed by atoms with van der Waals surface area (Å²) in [5.74, 6) is 0.948. The van der Waals surface area contributed by atoms with E-state index in [9.17, 15) is 0 Å². The summed E-state index contributed by atoms with van der Waals surface area (Å²) in [6, 6.07) is 0. The van der Waals surface area contributed by atoms with Crippen molar-refractivity contribution in [3.63, 3.8) is 0 Å². The highest BCUT2D eigenvalue weighted by molar-refractivity contribution is 5.15. The van der Waals surface area contributed by atoms with Crippen LogP contribution >= 0.6 is 0 Å². The number of nitrogens with one attached hydrogen (secondary N) is 2. The Labute approximate surface area is 104 Å². The van der Waals surface area contributed by atoms with Crippen LogP contribution in [0.5, 0.6) is 0 Å². The van der Waals surface area contributed by atoms with Gasteiger partial charge in [-0.15, -0.1) is 0 Å². The Morgan fingerprint density at radius 2 is 1.94 bits per heavy atom. The second-order valence-electron chi connectivity index (χ2n) is 6.00. The maximum Gasteiger partial charge on any atom is 0.143 e. The minimum absolute atomic E-state index is 0.333. The highest BCUT2D eigenvalue weighted by Crippen LogP contribution is 2.34. The molecule has 3 heteroatoms. The maximum atomic E-state index is 6.58. The average Bonchev–Trinajstić information content (AvgIpc) is 2.40. The third-order valence-corrected chi connectivity index (χ3v) is 4.80. The molecule has 0 spiro atoms. The zero-order chi connectivity index (χ0) is 11.7. The smallest absolute Gasteiger partial charge is 0.143 e. The largest absolute Gasteiger partial charge is 0.358 e. The lowest BCUT2D eigenvalue weighted by atomic mass is 9.81.